The van der Waals surface area contributed by atoms with Crippen molar-refractivity contribution in [1.29, 1.82) is 0 Å². The van der Waals surface area contributed by atoms with Crippen molar-refractivity contribution in [3.8, 4) is 5.75 Å². The van der Waals surface area contributed by atoms with Gasteiger partial charge in [-0.3, -0.25) is 13.9 Å². The molecule has 1 N–H and O–H groups in total. The molecular formula is C28H31Cl2N3O5S. The number of likely N-dealkylation sites (N-methyl/N-ethyl adjacent to an activating group) is 1. The Bertz CT molecular complexity index is 1400. The topological polar surface area (TPSA) is 96.0 Å². The van der Waals surface area contributed by atoms with E-state index in [0.717, 1.165) is 16.1 Å². The minimum absolute atomic E-state index is 0.0333. The number of anilines is 1. The lowest BCUT2D eigenvalue weighted by Gasteiger charge is -2.33. The molecule has 0 radical (unpaired) electrons. The number of hydrogen-bond donors (Lipinski definition) is 1. The fourth-order valence-corrected chi connectivity index (χ4v) is 5.37. The summed E-state index contributed by atoms with van der Waals surface area (Å²) in [5.74, 6) is -0.364. The van der Waals surface area contributed by atoms with E-state index in [9.17, 15) is 18.0 Å². The molecule has 3 aromatic carbocycles. The highest BCUT2D eigenvalue weighted by atomic mass is 35.5. The van der Waals surface area contributed by atoms with E-state index in [0.29, 0.717) is 17.9 Å². The lowest BCUT2D eigenvalue weighted by atomic mass is 10.0. The van der Waals surface area contributed by atoms with E-state index >= 15 is 0 Å². The largest absolute Gasteiger partial charge is 0.497 e. The number of rotatable bonds is 12. The summed E-state index contributed by atoms with van der Waals surface area (Å²) in [6.07, 6.45) is 1.20. The molecule has 1 unspecified atom stereocenters. The highest BCUT2D eigenvalue weighted by molar-refractivity contribution is 7.92. The van der Waals surface area contributed by atoms with Gasteiger partial charge in [-0.25, -0.2) is 8.42 Å². The van der Waals surface area contributed by atoms with Crippen LogP contribution in [0.4, 0.5) is 5.69 Å². The van der Waals surface area contributed by atoms with Crippen LogP contribution in [0, 0.1) is 0 Å². The minimum Gasteiger partial charge on any atom is -0.497 e. The van der Waals surface area contributed by atoms with E-state index in [-0.39, 0.29) is 34.6 Å². The molecule has 3 rings (SSSR count). The van der Waals surface area contributed by atoms with Gasteiger partial charge in [-0.15, -0.1) is 0 Å². The molecule has 0 aliphatic rings. The Morgan fingerprint density at radius 3 is 2.31 bits per heavy atom. The van der Waals surface area contributed by atoms with Crippen molar-refractivity contribution in [2.45, 2.75) is 25.9 Å². The third-order valence-corrected chi connectivity index (χ3v) is 7.65. The minimum atomic E-state index is -3.96. The van der Waals surface area contributed by atoms with E-state index in [1.165, 1.54) is 30.2 Å². The Labute approximate surface area is 239 Å². The van der Waals surface area contributed by atoms with Crippen molar-refractivity contribution in [2.75, 3.05) is 30.8 Å². The highest BCUT2D eigenvalue weighted by Crippen LogP contribution is 2.31. The molecule has 0 aliphatic heterocycles. The van der Waals surface area contributed by atoms with Gasteiger partial charge in [-0.2, -0.15) is 0 Å². The van der Waals surface area contributed by atoms with Gasteiger partial charge in [0.1, 0.15) is 18.3 Å². The van der Waals surface area contributed by atoms with Crippen LogP contribution in [-0.4, -0.2) is 57.6 Å². The number of ether oxygens (including phenoxy) is 1. The van der Waals surface area contributed by atoms with Gasteiger partial charge in [0.05, 0.1) is 24.1 Å². The molecule has 0 saturated carbocycles. The quantitative estimate of drug-likeness (QED) is 0.333. The number of nitrogens with one attached hydrogen (secondary N) is 1. The van der Waals surface area contributed by atoms with Crippen LogP contribution in [0.5, 0.6) is 5.75 Å². The fraction of sp³-hybridized carbons (Fsp3) is 0.286. The maximum atomic E-state index is 14.0. The first-order valence-electron chi connectivity index (χ1n) is 12.2. The summed E-state index contributed by atoms with van der Waals surface area (Å²) in [5, 5.41) is 3.18. The van der Waals surface area contributed by atoms with E-state index in [2.05, 4.69) is 5.32 Å². The van der Waals surface area contributed by atoms with Crippen LogP contribution in [0.2, 0.25) is 10.0 Å². The van der Waals surface area contributed by atoms with Crippen LogP contribution < -0.4 is 14.4 Å². The number of halogens is 2. The number of methoxy groups -OCH3 is 1. The molecule has 8 nitrogen and oxygen atoms in total. The van der Waals surface area contributed by atoms with Gasteiger partial charge in [0.2, 0.25) is 21.8 Å². The normalized spacial score (nSPS) is 11.9. The molecule has 0 aliphatic carbocycles. The zero-order chi connectivity index (χ0) is 28.6. The average Bonchev–Trinajstić information content (AvgIpc) is 2.90. The maximum Gasteiger partial charge on any atom is 0.244 e. The Balaban J connectivity index is 2.08. The van der Waals surface area contributed by atoms with Crippen LogP contribution in [0.25, 0.3) is 0 Å². The SMILES string of the molecule is CCNC(=O)C(Cc1ccccc1)N(Cc1cccc(OC)c1)C(=O)CN(c1cc(Cl)ccc1Cl)S(C)(=O)=O. The number of nitrogens with zero attached hydrogens (tertiary/aromatic N) is 2. The van der Waals surface area contributed by atoms with Gasteiger partial charge >= 0.3 is 0 Å². The molecule has 0 fully saturated rings. The maximum absolute atomic E-state index is 14.0. The molecule has 208 valence electrons. The van der Waals surface area contributed by atoms with Crippen LogP contribution in [-0.2, 0) is 32.6 Å². The van der Waals surface area contributed by atoms with E-state index in [1.54, 1.807) is 25.1 Å². The lowest BCUT2D eigenvalue weighted by molar-refractivity contribution is -0.140. The van der Waals surface area contributed by atoms with Crippen molar-refractivity contribution in [3.05, 3.63) is 94.0 Å². The third kappa shape index (κ3) is 8.36. The summed E-state index contributed by atoms with van der Waals surface area (Å²) in [7, 11) is -2.43. The number of benzene rings is 3. The molecule has 0 spiro atoms. The first kappa shape index (κ1) is 30.3. The zero-order valence-corrected chi connectivity index (χ0v) is 24.3. The summed E-state index contributed by atoms with van der Waals surface area (Å²) < 4.78 is 31.9. The molecule has 3 aromatic rings. The Morgan fingerprint density at radius 1 is 0.974 bits per heavy atom. The highest BCUT2D eigenvalue weighted by Gasteiger charge is 2.33. The molecule has 0 saturated heterocycles. The Kier molecular flexibility index (Phi) is 10.6. The van der Waals surface area contributed by atoms with Crippen LogP contribution in [0.1, 0.15) is 18.1 Å². The fourth-order valence-electron chi connectivity index (χ4n) is 4.09. The van der Waals surface area contributed by atoms with Gasteiger partial charge in [0, 0.05) is 24.5 Å². The molecule has 0 heterocycles. The summed E-state index contributed by atoms with van der Waals surface area (Å²) in [6, 6.07) is 19.9. The number of sulfonamides is 1. The monoisotopic (exact) mass is 591 g/mol. The van der Waals surface area contributed by atoms with E-state index in [1.807, 2.05) is 36.4 Å². The summed E-state index contributed by atoms with van der Waals surface area (Å²) in [6.45, 7) is 1.59. The lowest BCUT2D eigenvalue weighted by Crippen LogP contribution is -2.53. The second kappa shape index (κ2) is 13.7. The van der Waals surface area contributed by atoms with Crippen molar-refractivity contribution in [1.82, 2.24) is 10.2 Å². The number of carbonyl (C=O) groups excluding carboxylic acids is 2. The smallest absolute Gasteiger partial charge is 0.244 e. The molecule has 2 amide bonds. The average molecular weight is 593 g/mol. The first-order chi connectivity index (χ1) is 18.5. The molecule has 0 aromatic heterocycles. The van der Waals surface area contributed by atoms with Crippen molar-refractivity contribution in [3.63, 3.8) is 0 Å². The predicted molar refractivity (Wildman–Crippen MR) is 155 cm³/mol. The molecular weight excluding hydrogens is 561 g/mol. The summed E-state index contributed by atoms with van der Waals surface area (Å²) in [4.78, 5) is 28.8. The number of carbonyl (C=O) groups is 2. The second-order valence-corrected chi connectivity index (χ2v) is 11.6. The Morgan fingerprint density at radius 2 is 1.67 bits per heavy atom. The van der Waals surface area contributed by atoms with Crippen molar-refractivity contribution in [2.24, 2.45) is 0 Å². The van der Waals surface area contributed by atoms with E-state index in [4.69, 9.17) is 27.9 Å². The number of hydrogen-bond acceptors (Lipinski definition) is 5. The summed E-state index contributed by atoms with van der Waals surface area (Å²) >= 11 is 12.4. The van der Waals surface area contributed by atoms with Crippen molar-refractivity contribution < 1.29 is 22.7 Å². The van der Waals surface area contributed by atoms with Crippen LogP contribution >= 0.6 is 23.2 Å². The van der Waals surface area contributed by atoms with Gasteiger partial charge in [-0.05, 0) is 48.4 Å². The summed E-state index contributed by atoms with van der Waals surface area (Å²) in [5.41, 5.74) is 1.62. The van der Waals surface area contributed by atoms with Gasteiger partial charge < -0.3 is 15.0 Å². The van der Waals surface area contributed by atoms with Gasteiger partial charge in [0.25, 0.3) is 0 Å². The molecule has 39 heavy (non-hydrogen) atoms. The Hall–Kier alpha value is -3.27. The van der Waals surface area contributed by atoms with Crippen LogP contribution in [0.15, 0.2) is 72.8 Å². The van der Waals surface area contributed by atoms with Crippen molar-refractivity contribution >= 4 is 50.7 Å². The first-order valence-corrected chi connectivity index (χ1v) is 14.8. The standard InChI is InChI=1S/C28H31Cl2N3O5S/c1-4-31-28(35)26(16-20-9-6-5-7-10-20)32(18-21-11-8-12-23(15-21)38-2)27(34)19-33(39(3,36)37)25-17-22(29)13-14-24(25)30/h5-15,17,26H,4,16,18-19H2,1-3H3,(H,31,35). The second-order valence-electron chi connectivity index (χ2n) is 8.84. The zero-order valence-electron chi connectivity index (χ0n) is 21.9. The van der Waals surface area contributed by atoms with Gasteiger partial charge in [0.15, 0.2) is 0 Å². The molecule has 11 heteroatoms. The van der Waals surface area contributed by atoms with E-state index < -0.39 is 28.5 Å². The third-order valence-electron chi connectivity index (χ3n) is 5.97. The molecule has 1 atom stereocenters. The van der Waals surface area contributed by atoms with Gasteiger partial charge in [-0.1, -0.05) is 65.7 Å². The predicted octanol–water partition coefficient (Wildman–Crippen LogP) is 4.54. The van der Waals surface area contributed by atoms with Crippen LogP contribution in [0.3, 0.4) is 0 Å². The number of amides is 2. The molecule has 0 bridgehead atoms.